The number of amides is 1. The lowest BCUT2D eigenvalue weighted by atomic mass is 9.90. The second-order valence-corrected chi connectivity index (χ2v) is 9.04. The molecule has 1 heterocycles. The van der Waals surface area contributed by atoms with Gasteiger partial charge in [0, 0.05) is 37.9 Å². The fourth-order valence-electron chi connectivity index (χ4n) is 3.94. The first-order valence-corrected chi connectivity index (χ1v) is 11.2. The Morgan fingerprint density at radius 3 is 2.03 bits per heavy atom. The molecule has 0 saturated heterocycles. The van der Waals surface area contributed by atoms with Crippen LogP contribution in [0.4, 0.5) is 38.1 Å². The first-order valence-electron chi connectivity index (χ1n) is 11.2. The van der Waals surface area contributed by atoms with Gasteiger partial charge in [-0.25, -0.2) is 4.98 Å². The molecule has 0 spiro atoms. The molecule has 1 aromatic carbocycles. The van der Waals surface area contributed by atoms with Crippen LogP contribution in [-0.2, 0) is 17.1 Å². The van der Waals surface area contributed by atoms with Crippen LogP contribution in [0.15, 0.2) is 24.4 Å². The number of nitrogens with one attached hydrogen (secondary N) is 2. The number of hydrogen-bond donors (Lipinski definition) is 3. The lowest BCUT2D eigenvalue weighted by Gasteiger charge is -2.31. The molecule has 1 unspecified atom stereocenters. The number of hydrogen-bond acceptors (Lipinski definition) is 6. The standard InChI is InChI=1S/C23H27F6N5O2/c1-12-11-30-21(34(2)3)33-19(12)31-16-4-6-17(7-5-16)32-20(36)18(35)13-8-14(22(24,25)26)10-15(9-13)23(27,28)29/h8-11,16-18,35H,4-7H2,1-3H3,(H,32,36)(H,30,31,33). The van der Waals surface area contributed by atoms with E-state index >= 15 is 0 Å². The van der Waals surface area contributed by atoms with Gasteiger partial charge in [-0.1, -0.05) is 0 Å². The van der Waals surface area contributed by atoms with Crippen molar-refractivity contribution in [1.29, 1.82) is 0 Å². The molecule has 3 rings (SSSR count). The molecule has 0 radical (unpaired) electrons. The third-order valence-electron chi connectivity index (χ3n) is 5.95. The Morgan fingerprint density at radius 2 is 1.53 bits per heavy atom. The molecule has 0 bridgehead atoms. The molecule has 36 heavy (non-hydrogen) atoms. The summed E-state index contributed by atoms with van der Waals surface area (Å²) < 4.78 is 78.5. The van der Waals surface area contributed by atoms with Crippen LogP contribution in [0.5, 0.6) is 0 Å². The van der Waals surface area contributed by atoms with Gasteiger partial charge in [0.05, 0.1) is 11.1 Å². The van der Waals surface area contributed by atoms with Crippen LogP contribution in [0.1, 0.15) is 54.0 Å². The summed E-state index contributed by atoms with van der Waals surface area (Å²) in [5, 5.41) is 16.2. The van der Waals surface area contributed by atoms with Crippen molar-refractivity contribution >= 4 is 17.7 Å². The Kier molecular flexibility index (Phi) is 8.01. The Morgan fingerprint density at radius 1 is 1.00 bits per heavy atom. The topological polar surface area (TPSA) is 90.4 Å². The lowest BCUT2D eigenvalue weighted by molar-refractivity contribution is -0.143. The number of carbonyl (C=O) groups is 1. The molecule has 1 saturated carbocycles. The number of carbonyl (C=O) groups excluding carboxylic acids is 1. The number of aliphatic hydroxyl groups excluding tert-OH is 1. The molecule has 1 atom stereocenters. The number of halogens is 6. The Balaban J connectivity index is 1.63. The van der Waals surface area contributed by atoms with E-state index in [4.69, 9.17) is 0 Å². The van der Waals surface area contributed by atoms with Gasteiger partial charge >= 0.3 is 12.4 Å². The number of nitrogens with zero attached hydrogens (tertiary/aromatic N) is 3. The second-order valence-electron chi connectivity index (χ2n) is 9.04. The highest BCUT2D eigenvalue weighted by molar-refractivity contribution is 5.82. The maximum absolute atomic E-state index is 13.1. The molecule has 13 heteroatoms. The lowest BCUT2D eigenvalue weighted by Crippen LogP contribution is -2.42. The van der Waals surface area contributed by atoms with E-state index in [1.54, 1.807) is 11.1 Å². The highest BCUT2D eigenvalue weighted by Crippen LogP contribution is 2.37. The summed E-state index contributed by atoms with van der Waals surface area (Å²) in [6, 6.07) is 0.313. The first kappa shape index (κ1) is 27.5. The third-order valence-corrected chi connectivity index (χ3v) is 5.95. The first-order chi connectivity index (χ1) is 16.6. The molecule has 3 N–H and O–H groups in total. The fraction of sp³-hybridized carbons (Fsp3) is 0.522. The summed E-state index contributed by atoms with van der Waals surface area (Å²) in [7, 11) is 3.64. The molecule has 2 aromatic rings. The molecule has 1 aliphatic carbocycles. The summed E-state index contributed by atoms with van der Waals surface area (Å²) >= 11 is 0. The maximum Gasteiger partial charge on any atom is 0.416 e. The minimum absolute atomic E-state index is 0.0458. The number of aryl methyl sites for hydroxylation is 1. The number of aliphatic hydroxyl groups is 1. The van der Waals surface area contributed by atoms with Gasteiger partial charge in [0.25, 0.3) is 5.91 Å². The van der Waals surface area contributed by atoms with Crippen LogP contribution in [0, 0.1) is 6.92 Å². The van der Waals surface area contributed by atoms with Crippen molar-refractivity contribution in [3.05, 3.63) is 46.6 Å². The molecular formula is C23H27F6N5O2. The fourth-order valence-corrected chi connectivity index (χ4v) is 3.94. The number of rotatable bonds is 6. The second kappa shape index (κ2) is 10.5. The zero-order valence-corrected chi connectivity index (χ0v) is 19.8. The summed E-state index contributed by atoms with van der Waals surface area (Å²) in [5.74, 6) is 0.170. The highest BCUT2D eigenvalue weighted by atomic mass is 19.4. The summed E-state index contributed by atoms with van der Waals surface area (Å²) in [6.07, 6.45) is -8.38. The number of benzene rings is 1. The van der Waals surface area contributed by atoms with Crippen molar-refractivity contribution in [3.8, 4) is 0 Å². The van der Waals surface area contributed by atoms with E-state index in [1.165, 1.54) is 0 Å². The number of anilines is 2. The van der Waals surface area contributed by atoms with Crippen molar-refractivity contribution in [1.82, 2.24) is 15.3 Å². The number of alkyl halides is 6. The van der Waals surface area contributed by atoms with E-state index in [-0.39, 0.29) is 18.2 Å². The summed E-state index contributed by atoms with van der Waals surface area (Å²) in [4.78, 5) is 23.0. The van der Waals surface area contributed by atoms with Crippen LogP contribution in [-0.4, -0.2) is 47.2 Å². The van der Waals surface area contributed by atoms with Crippen molar-refractivity contribution in [2.75, 3.05) is 24.3 Å². The monoisotopic (exact) mass is 519 g/mol. The Bertz CT molecular complexity index is 1050. The van der Waals surface area contributed by atoms with Crippen LogP contribution < -0.4 is 15.5 Å². The van der Waals surface area contributed by atoms with Gasteiger partial charge in [-0.3, -0.25) is 4.79 Å². The largest absolute Gasteiger partial charge is 0.416 e. The molecular weight excluding hydrogens is 492 g/mol. The zero-order chi connectivity index (χ0) is 26.8. The molecule has 1 fully saturated rings. The van der Waals surface area contributed by atoms with Gasteiger partial charge in [-0.05, 0) is 56.4 Å². The molecule has 7 nitrogen and oxygen atoms in total. The minimum Gasteiger partial charge on any atom is -0.378 e. The SMILES string of the molecule is Cc1cnc(N(C)C)nc1NC1CCC(NC(=O)C(O)c2cc(C(F)(F)F)cc(C(F)(F)F)c2)CC1. The smallest absolute Gasteiger partial charge is 0.378 e. The van der Waals surface area contributed by atoms with Crippen LogP contribution in [0.2, 0.25) is 0 Å². The van der Waals surface area contributed by atoms with Gasteiger partial charge in [-0.15, -0.1) is 0 Å². The zero-order valence-electron chi connectivity index (χ0n) is 19.8. The van der Waals surface area contributed by atoms with Crippen LogP contribution in [0.3, 0.4) is 0 Å². The van der Waals surface area contributed by atoms with Crippen molar-refractivity contribution < 1.29 is 36.2 Å². The average Bonchev–Trinajstić information content (AvgIpc) is 2.79. The third kappa shape index (κ3) is 6.77. The van der Waals surface area contributed by atoms with Crippen LogP contribution >= 0.6 is 0 Å². The van der Waals surface area contributed by atoms with Gasteiger partial charge in [0.1, 0.15) is 5.82 Å². The van der Waals surface area contributed by atoms with Gasteiger partial charge in [0.15, 0.2) is 6.10 Å². The quantitative estimate of drug-likeness (QED) is 0.489. The van der Waals surface area contributed by atoms with Crippen molar-refractivity contribution in [2.24, 2.45) is 0 Å². The average molecular weight is 519 g/mol. The van der Waals surface area contributed by atoms with E-state index in [0.717, 1.165) is 5.56 Å². The van der Waals surface area contributed by atoms with E-state index in [2.05, 4.69) is 20.6 Å². The predicted octanol–water partition coefficient (Wildman–Crippen LogP) is 4.46. The molecule has 0 aliphatic heterocycles. The number of aromatic nitrogens is 2. The van der Waals surface area contributed by atoms with Crippen molar-refractivity contribution in [2.45, 2.75) is 63.1 Å². The summed E-state index contributed by atoms with van der Waals surface area (Å²) in [5.41, 5.74) is -3.11. The molecule has 1 aromatic heterocycles. The normalized spacial score (nSPS) is 19.5. The predicted molar refractivity (Wildman–Crippen MR) is 120 cm³/mol. The Hall–Kier alpha value is -3.09. The van der Waals surface area contributed by atoms with E-state index in [9.17, 15) is 36.2 Å². The molecule has 198 valence electrons. The van der Waals surface area contributed by atoms with Gasteiger partial charge < -0.3 is 20.6 Å². The van der Waals surface area contributed by atoms with Gasteiger partial charge in [0.2, 0.25) is 5.95 Å². The van der Waals surface area contributed by atoms with E-state index in [1.807, 2.05) is 21.0 Å². The van der Waals surface area contributed by atoms with E-state index in [0.29, 0.717) is 49.6 Å². The van der Waals surface area contributed by atoms with Gasteiger partial charge in [-0.2, -0.15) is 31.3 Å². The molecule has 1 amide bonds. The highest BCUT2D eigenvalue weighted by Gasteiger charge is 2.38. The summed E-state index contributed by atoms with van der Waals surface area (Å²) in [6.45, 7) is 1.87. The maximum atomic E-state index is 13.1. The van der Waals surface area contributed by atoms with Crippen LogP contribution in [0.25, 0.3) is 0 Å². The van der Waals surface area contributed by atoms with E-state index < -0.39 is 41.1 Å². The molecule has 1 aliphatic rings. The Labute approximate surface area is 203 Å². The minimum atomic E-state index is -5.08. The van der Waals surface area contributed by atoms with Crippen molar-refractivity contribution in [3.63, 3.8) is 0 Å².